The Morgan fingerprint density at radius 1 is 1.41 bits per heavy atom. The minimum atomic E-state index is -0.0191. The smallest absolute Gasteiger partial charge is 0.221 e. The summed E-state index contributed by atoms with van der Waals surface area (Å²) in [4.78, 5) is 17.8. The number of nitrogens with one attached hydrogen (secondary N) is 1. The molecule has 0 aliphatic heterocycles. The summed E-state index contributed by atoms with van der Waals surface area (Å²) in [6, 6.07) is 7.72. The molecule has 1 aromatic carbocycles. The summed E-state index contributed by atoms with van der Waals surface area (Å²) in [5.41, 5.74) is 1.01. The topological polar surface area (TPSA) is 63.1 Å². The van der Waals surface area contributed by atoms with Crippen molar-refractivity contribution in [2.24, 2.45) is 0 Å². The Labute approximate surface area is 135 Å². The van der Waals surface area contributed by atoms with Gasteiger partial charge in [0.2, 0.25) is 5.91 Å². The standard InChI is InChI=1S/C15H20ClN5O/c1-20(2)14(12-5-3-4-6-13(12)16)9-18-15(22)7-8-21-11-17-10-19-21/h3-6,10-11,14H,7-9H2,1-2H3,(H,18,22)/t14-/m1/s1. The van der Waals surface area contributed by atoms with Gasteiger partial charge in [-0.05, 0) is 25.7 Å². The molecule has 1 atom stereocenters. The van der Waals surface area contributed by atoms with E-state index in [1.54, 1.807) is 11.0 Å². The molecule has 0 fully saturated rings. The number of benzene rings is 1. The van der Waals surface area contributed by atoms with Crippen LogP contribution in [-0.4, -0.2) is 46.2 Å². The summed E-state index contributed by atoms with van der Waals surface area (Å²) in [5, 5.41) is 7.63. The Morgan fingerprint density at radius 2 is 2.18 bits per heavy atom. The molecule has 1 aromatic heterocycles. The monoisotopic (exact) mass is 321 g/mol. The number of hydrogen-bond donors (Lipinski definition) is 1. The van der Waals surface area contributed by atoms with Gasteiger partial charge in [0.05, 0.1) is 12.6 Å². The number of likely N-dealkylation sites (N-methyl/N-ethyl adjacent to an activating group) is 1. The fraction of sp³-hybridized carbons (Fsp3) is 0.400. The van der Waals surface area contributed by atoms with Crippen LogP contribution in [0.2, 0.25) is 5.02 Å². The SMILES string of the molecule is CN(C)[C@H](CNC(=O)CCn1cncn1)c1ccccc1Cl. The number of carbonyl (C=O) groups excluding carboxylic acids is 1. The van der Waals surface area contributed by atoms with E-state index in [9.17, 15) is 4.79 Å². The van der Waals surface area contributed by atoms with Gasteiger partial charge in [0, 0.05) is 18.0 Å². The van der Waals surface area contributed by atoms with E-state index in [2.05, 4.69) is 15.4 Å². The lowest BCUT2D eigenvalue weighted by atomic mass is 10.1. The first-order chi connectivity index (χ1) is 10.6. The van der Waals surface area contributed by atoms with Gasteiger partial charge in [-0.25, -0.2) is 4.98 Å². The molecule has 0 saturated heterocycles. The van der Waals surface area contributed by atoms with Crippen LogP contribution >= 0.6 is 11.6 Å². The van der Waals surface area contributed by atoms with Gasteiger partial charge in [-0.3, -0.25) is 9.48 Å². The second kappa shape index (κ2) is 7.91. The van der Waals surface area contributed by atoms with Crippen molar-refractivity contribution in [3.05, 3.63) is 47.5 Å². The van der Waals surface area contributed by atoms with Crippen LogP contribution in [0.15, 0.2) is 36.9 Å². The average molecular weight is 322 g/mol. The maximum atomic E-state index is 12.0. The number of halogens is 1. The fourth-order valence-electron chi connectivity index (χ4n) is 2.18. The molecular weight excluding hydrogens is 302 g/mol. The highest BCUT2D eigenvalue weighted by Crippen LogP contribution is 2.25. The number of aryl methyl sites for hydroxylation is 1. The maximum absolute atomic E-state index is 12.0. The third-order valence-electron chi connectivity index (χ3n) is 3.41. The van der Waals surface area contributed by atoms with Gasteiger partial charge in [-0.2, -0.15) is 5.10 Å². The van der Waals surface area contributed by atoms with E-state index in [0.717, 1.165) is 5.56 Å². The molecule has 0 bridgehead atoms. The zero-order chi connectivity index (χ0) is 15.9. The Hall–Kier alpha value is -1.92. The van der Waals surface area contributed by atoms with E-state index < -0.39 is 0 Å². The number of hydrogen-bond acceptors (Lipinski definition) is 4. The van der Waals surface area contributed by atoms with Crippen LogP contribution in [0.3, 0.4) is 0 Å². The van der Waals surface area contributed by atoms with Crippen LogP contribution in [0, 0.1) is 0 Å². The highest BCUT2D eigenvalue weighted by Gasteiger charge is 2.17. The van der Waals surface area contributed by atoms with Crippen molar-refractivity contribution in [1.82, 2.24) is 25.0 Å². The second-order valence-electron chi connectivity index (χ2n) is 5.21. The molecule has 0 aliphatic rings. The van der Waals surface area contributed by atoms with Gasteiger partial charge in [0.1, 0.15) is 12.7 Å². The molecule has 6 nitrogen and oxygen atoms in total. The van der Waals surface area contributed by atoms with E-state index in [1.807, 2.05) is 43.3 Å². The van der Waals surface area contributed by atoms with Gasteiger partial charge in [-0.1, -0.05) is 29.8 Å². The predicted molar refractivity (Wildman–Crippen MR) is 85.5 cm³/mol. The number of rotatable bonds is 7. The van der Waals surface area contributed by atoms with Crippen LogP contribution < -0.4 is 5.32 Å². The van der Waals surface area contributed by atoms with Crippen molar-refractivity contribution in [3.8, 4) is 0 Å². The maximum Gasteiger partial charge on any atom is 0.221 e. The van der Waals surface area contributed by atoms with Crippen LogP contribution in [-0.2, 0) is 11.3 Å². The van der Waals surface area contributed by atoms with E-state index in [4.69, 9.17) is 11.6 Å². The minimum absolute atomic E-state index is 0.0191. The molecule has 7 heteroatoms. The second-order valence-corrected chi connectivity index (χ2v) is 5.62. The lowest BCUT2D eigenvalue weighted by molar-refractivity contribution is -0.121. The molecule has 0 radical (unpaired) electrons. The highest BCUT2D eigenvalue weighted by atomic mass is 35.5. The normalized spacial score (nSPS) is 12.4. The molecule has 1 N–H and O–H groups in total. The largest absolute Gasteiger partial charge is 0.354 e. The Bertz CT molecular complexity index is 600. The van der Waals surface area contributed by atoms with E-state index in [1.165, 1.54) is 6.33 Å². The third kappa shape index (κ3) is 4.54. The first-order valence-electron chi connectivity index (χ1n) is 7.08. The summed E-state index contributed by atoms with van der Waals surface area (Å²) in [7, 11) is 3.94. The molecule has 2 rings (SSSR count). The van der Waals surface area contributed by atoms with Gasteiger partial charge >= 0.3 is 0 Å². The number of nitrogens with zero attached hydrogens (tertiary/aromatic N) is 4. The molecule has 0 spiro atoms. The van der Waals surface area contributed by atoms with E-state index in [-0.39, 0.29) is 11.9 Å². The van der Waals surface area contributed by atoms with Crippen molar-refractivity contribution in [2.75, 3.05) is 20.6 Å². The number of aromatic nitrogens is 3. The lowest BCUT2D eigenvalue weighted by Gasteiger charge is -2.26. The summed E-state index contributed by atoms with van der Waals surface area (Å²) < 4.78 is 1.64. The zero-order valence-corrected chi connectivity index (χ0v) is 13.5. The first kappa shape index (κ1) is 16.5. The summed E-state index contributed by atoms with van der Waals surface area (Å²) in [6.45, 7) is 1.03. The van der Waals surface area contributed by atoms with Crippen LogP contribution in [0.25, 0.3) is 0 Å². The average Bonchev–Trinajstić information content (AvgIpc) is 3.00. The van der Waals surface area contributed by atoms with Crippen molar-refractivity contribution in [1.29, 1.82) is 0 Å². The Balaban J connectivity index is 1.89. The molecule has 1 amide bonds. The van der Waals surface area contributed by atoms with Crippen molar-refractivity contribution in [3.63, 3.8) is 0 Å². The minimum Gasteiger partial charge on any atom is -0.354 e. The van der Waals surface area contributed by atoms with Gasteiger partial charge < -0.3 is 10.2 Å². The molecule has 22 heavy (non-hydrogen) atoms. The van der Waals surface area contributed by atoms with Crippen LogP contribution in [0.4, 0.5) is 0 Å². The number of carbonyl (C=O) groups is 1. The number of amides is 1. The molecule has 0 aliphatic carbocycles. The fourth-order valence-corrected chi connectivity index (χ4v) is 2.44. The van der Waals surface area contributed by atoms with E-state index in [0.29, 0.717) is 24.5 Å². The van der Waals surface area contributed by atoms with Gasteiger partial charge in [0.15, 0.2) is 0 Å². The Kier molecular flexibility index (Phi) is 5.91. The van der Waals surface area contributed by atoms with Gasteiger partial charge in [-0.15, -0.1) is 0 Å². The van der Waals surface area contributed by atoms with Crippen molar-refractivity contribution >= 4 is 17.5 Å². The Morgan fingerprint density at radius 3 is 2.82 bits per heavy atom. The summed E-state index contributed by atoms with van der Waals surface area (Å²) in [6.07, 6.45) is 3.42. The molecule has 1 heterocycles. The van der Waals surface area contributed by atoms with E-state index >= 15 is 0 Å². The van der Waals surface area contributed by atoms with Crippen LogP contribution in [0.5, 0.6) is 0 Å². The summed E-state index contributed by atoms with van der Waals surface area (Å²) >= 11 is 6.25. The lowest BCUT2D eigenvalue weighted by Crippen LogP contribution is -2.35. The predicted octanol–water partition coefficient (Wildman–Crippen LogP) is 1.74. The third-order valence-corrected chi connectivity index (χ3v) is 3.76. The van der Waals surface area contributed by atoms with Crippen molar-refractivity contribution < 1.29 is 4.79 Å². The zero-order valence-electron chi connectivity index (χ0n) is 12.7. The molecular formula is C15H20ClN5O. The molecule has 118 valence electrons. The molecule has 0 unspecified atom stereocenters. The van der Waals surface area contributed by atoms with Crippen LogP contribution in [0.1, 0.15) is 18.0 Å². The highest BCUT2D eigenvalue weighted by molar-refractivity contribution is 6.31. The quantitative estimate of drug-likeness (QED) is 0.843. The summed E-state index contributed by atoms with van der Waals surface area (Å²) in [5.74, 6) is -0.0191. The van der Waals surface area contributed by atoms with Crippen molar-refractivity contribution in [2.45, 2.75) is 19.0 Å². The first-order valence-corrected chi connectivity index (χ1v) is 7.45. The molecule has 0 saturated carbocycles. The molecule has 2 aromatic rings. The van der Waals surface area contributed by atoms with Gasteiger partial charge in [0.25, 0.3) is 0 Å².